The molecule has 0 spiro atoms. The summed E-state index contributed by atoms with van der Waals surface area (Å²) in [5.74, 6) is 1.36. The summed E-state index contributed by atoms with van der Waals surface area (Å²) in [6, 6.07) is 10.2. The van der Waals surface area contributed by atoms with Crippen LogP contribution in [0.2, 0.25) is 0 Å². The van der Waals surface area contributed by atoms with Crippen molar-refractivity contribution in [3.63, 3.8) is 0 Å². The number of guanidine groups is 1. The van der Waals surface area contributed by atoms with Crippen LogP contribution >= 0.6 is 0 Å². The first kappa shape index (κ1) is 16.9. The maximum Gasteiger partial charge on any atom is 0.189 e. The number of para-hydroxylation sites is 1. The van der Waals surface area contributed by atoms with Crippen molar-refractivity contribution in [1.29, 1.82) is 0 Å². The standard InChI is InChI=1S/C19H25N5O2/c1-2-25-17-12-15(18(17)24-10-5-9-21-24)23-19(20)22-14-8-11-26-16-7-4-3-6-13(14)16/h3-7,9-10,14-15,17-18H,2,8,11-12H2,1H3,(H3,20,22,23). The second-order valence-electron chi connectivity index (χ2n) is 6.66. The molecule has 4 rings (SSSR count). The Kier molecular flexibility index (Phi) is 4.79. The highest BCUT2D eigenvalue weighted by Gasteiger charge is 2.44. The first-order valence-corrected chi connectivity index (χ1v) is 9.18. The molecular weight excluding hydrogens is 330 g/mol. The quantitative estimate of drug-likeness (QED) is 0.633. The van der Waals surface area contributed by atoms with E-state index in [9.17, 15) is 0 Å². The predicted octanol–water partition coefficient (Wildman–Crippen LogP) is 2.03. The van der Waals surface area contributed by atoms with Gasteiger partial charge in [0.15, 0.2) is 5.96 Å². The molecule has 2 aliphatic rings. The van der Waals surface area contributed by atoms with Gasteiger partial charge in [-0.1, -0.05) is 18.2 Å². The second-order valence-corrected chi connectivity index (χ2v) is 6.66. The summed E-state index contributed by atoms with van der Waals surface area (Å²) in [6.07, 6.45) is 5.61. The van der Waals surface area contributed by atoms with E-state index >= 15 is 0 Å². The van der Waals surface area contributed by atoms with E-state index < -0.39 is 0 Å². The third-order valence-corrected chi connectivity index (χ3v) is 5.05. The lowest BCUT2D eigenvalue weighted by atomic mass is 9.82. The molecule has 3 N–H and O–H groups in total. The minimum Gasteiger partial charge on any atom is -0.493 e. The zero-order chi connectivity index (χ0) is 17.9. The molecule has 0 bridgehead atoms. The summed E-state index contributed by atoms with van der Waals surface area (Å²) < 4.78 is 13.5. The molecule has 1 aliphatic heterocycles. The normalized spacial score (nSPS) is 28.0. The molecule has 1 saturated carbocycles. The van der Waals surface area contributed by atoms with Crippen LogP contribution in [-0.4, -0.2) is 41.1 Å². The van der Waals surface area contributed by atoms with Gasteiger partial charge >= 0.3 is 0 Å². The average Bonchev–Trinajstić information content (AvgIpc) is 3.14. The van der Waals surface area contributed by atoms with Crippen molar-refractivity contribution < 1.29 is 9.47 Å². The molecule has 1 aliphatic carbocycles. The maximum atomic E-state index is 6.23. The van der Waals surface area contributed by atoms with Crippen LogP contribution in [0.25, 0.3) is 0 Å². The van der Waals surface area contributed by atoms with Crippen LogP contribution in [0.15, 0.2) is 47.7 Å². The number of nitrogens with two attached hydrogens (primary N) is 1. The summed E-state index contributed by atoms with van der Waals surface area (Å²) in [6.45, 7) is 3.36. The van der Waals surface area contributed by atoms with Crippen molar-refractivity contribution in [2.45, 2.75) is 44.0 Å². The van der Waals surface area contributed by atoms with E-state index in [1.54, 1.807) is 6.20 Å². The highest BCUT2D eigenvalue weighted by molar-refractivity contribution is 5.78. The third kappa shape index (κ3) is 3.26. The van der Waals surface area contributed by atoms with Gasteiger partial charge < -0.3 is 20.5 Å². The molecule has 7 nitrogen and oxygen atoms in total. The molecule has 7 heteroatoms. The van der Waals surface area contributed by atoms with Gasteiger partial charge in [-0.2, -0.15) is 5.10 Å². The third-order valence-electron chi connectivity index (χ3n) is 5.05. The molecule has 0 amide bonds. The number of aromatic nitrogens is 2. The van der Waals surface area contributed by atoms with Crippen molar-refractivity contribution in [2.24, 2.45) is 10.7 Å². The fourth-order valence-corrected chi connectivity index (χ4v) is 3.78. The van der Waals surface area contributed by atoms with Gasteiger partial charge in [-0.15, -0.1) is 0 Å². The van der Waals surface area contributed by atoms with E-state index in [2.05, 4.69) is 16.5 Å². The van der Waals surface area contributed by atoms with Crippen molar-refractivity contribution in [3.05, 3.63) is 48.3 Å². The molecule has 138 valence electrons. The Bertz CT molecular complexity index is 761. The van der Waals surface area contributed by atoms with Gasteiger partial charge in [0.05, 0.1) is 30.8 Å². The molecule has 4 unspecified atom stereocenters. The van der Waals surface area contributed by atoms with Gasteiger partial charge in [0.2, 0.25) is 0 Å². The van der Waals surface area contributed by atoms with E-state index in [1.165, 1.54) is 0 Å². The fourth-order valence-electron chi connectivity index (χ4n) is 3.78. The Morgan fingerprint density at radius 2 is 2.31 bits per heavy atom. The smallest absolute Gasteiger partial charge is 0.189 e. The summed E-state index contributed by atoms with van der Waals surface area (Å²) >= 11 is 0. The number of nitrogens with one attached hydrogen (secondary N) is 1. The lowest BCUT2D eigenvalue weighted by molar-refractivity contribution is -0.0562. The summed E-state index contributed by atoms with van der Waals surface area (Å²) in [5, 5.41) is 7.74. The van der Waals surface area contributed by atoms with E-state index in [-0.39, 0.29) is 24.2 Å². The summed E-state index contributed by atoms with van der Waals surface area (Å²) in [7, 11) is 0. The van der Waals surface area contributed by atoms with Crippen LogP contribution in [0.4, 0.5) is 0 Å². The van der Waals surface area contributed by atoms with E-state index in [0.29, 0.717) is 19.2 Å². The molecule has 1 aromatic heterocycles. The zero-order valence-corrected chi connectivity index (χ0v) is 14.9. The molecule has 1 fully saturated rings. The molecule has 1 aromatic carbocycles. The van der Waals surface area contributed by atoms with Crippen LogP contribution in [0.3, 0.4) is 0 Å². The Morgan fingerprint density at radius 3 is 3.12 bits per heavy atom. The van der Waals surface area contributed by atoms with Gasteiger partial charge in [0.25, 0.3) is 0 Å². The van der Waals surface area contributed by atoms with Crippen LogP contribution in [0.1, 0.15) is 37.4 Å². The number of rotatable bonds is 5. The molecule has 26 heavy (non-hydrogen) atoms. The molecule has 2 aromatic rings. The molecule has 0 saturated heterocycles. The largest absolute Gasteiger partial charge is 0.493 e. The second kappa shape index (κ2) is 7.37. The lowest BCUT2D eigenvalue weighted by Gasteiger charge is -2.44. The number of hydrogen-bond donors (Lipinski definition) is 2. The molecule has 0 radical (unpaired) electrons. The van der Waals surface area contributed by atoms with Gasteiger partial charge in [-0.25, -0.2) is 4.99 Å². The van der Waals surface area contributed by atoms with Crippen LogP contribution in [-0.2, 0) is 4.74 Å². The number of fused-ring (bicyclic) bond motifs is 1. The first-order chi connectivity index (χ1) is 12.8. The number of nitrogens with zero attached hydrogens (tertiary/aromatic N) is 3. The highest BCUT2D eigenvalue weighted by Crippen LogP contribution is 2.36. The van der Waals surface area contributed by atoms with Crippen LogP contribution in [0.5, 0.6) is 5.75 Å². The topological polar surface area (TPSA) is 86.7 Å². The van der Waals surface area contributed by atoms with Crippen molar-refractivity contribution in [2.75, 3.05) is 13.2 Å². The van der Waals surface area contributed by atoms with Gasteiger partial charge in [0.1, 0.15) is 5.75 Å². The van der Waals surface area contributed by atoms with Gasteiger partial charge in [0, 0.05) is 31.0 Å². The number of aliphatic imine (C=N–C) groups is 1. The van der Waals surface area contributed by atoms with Crippen molar-refractivity contribution >= 4 is 5.96 Å². The zero-order valence-electron chi connectivity index (χ0n) is 14.9. The van der Waals surface area contributed by atoms with Gasteiger partial charge in [-0.3, -0.25) is 4.68 Å². The van der Waals surface area contributed by atoms with E-state index in [1.807, 2.05) is 42.1 Å². The van der Waals surface area contributed by atoms with Crippen LogP contribution < -0.4 is 15.8 Å². The molecule has 4 atom stereocenters. The Hall–Kier alpha value is -2.54. The molecular formula is C19H25N5O2. The maximum absolute atomic E-state index is 6.23. The highest BCUT2D eigenvalue weighted by atomic mass is 16.5. The van der Waals surface area contributed by atoms with E-state index in [0.717, 1.165) is 24.2 Å². The van der Waals surface area contributed by atoms with Crippen LogP contribution in [0, 0.1) is 0 Å². The first-order valence-electron chi connectivity index (χ1n) is 9.18. The fraction of sp³-hybridized carbons (Fsp3) is 0.474. The monoisotopic (exact) mass is 355 g/mol. The lowest BCUT2D eigenvalue weighted by Crippen LogP contribution is -2.58. The Labute approximate surface area is 153 Å². The number of ether oxygens (including phenoxy) is 2. The van der Waals surface area contributed by atoms with Crippen molar-refractivity contribution in [3.8, 4) is 5.75 Å². The SMILES string of the molecule is CCOC1CC(NC(N)=NC2CCOc3ccccc32)C1n1cccn1. The number of hydrogen-bond acceptors (Lipinski definition) is 4. The Balaban J connectivity index is 1.46. The Morgan fingerprint density at radius 1 is 1.42 bits per heavy atom. The minimum atomic E-state index is 0.0263. The predicted molar refractivity (Wildman–Crippen MR) is 99.1 cm³/mol. The van der Waals surface area contributed by atoms with E-state index in [4.69, 9.17) is 20.2 Å². The van der Waals surface area contributed by atoms with Gasteiger partial charge in [-0.05, 0) is 25.5 Å². The summed E-state index contributed by atoms with van der Waals surface area (Å²) in [5.41, 5.74) is 7.33. The van der Waals surface area contributed by atoms with Crippen molar-refractivity contribution in [1.82, 2.24) is 15.1 Å². The summed E-state index contributed by atoms with van der Waals surface area (Å²) in [4.78, 5) is 4.72. The minimum absolute atomic E-state index is 0.0263. The average molecular weight is 355 g/mol. The molecule has 2 heterocycles. The number of benzene rings is 1.